The Labute approximate surface area is 104 Å². The van der Waals surface area contributed by atoms with E-state index < -0.39 is 0 Å². The minimum atomic E-state index is 0.446. The molecular weight excluding hydrogens is 214 g/mol. The normalized spacial score (nSPS) is 10.9. The molecule has 0 amide bonds. The molecule has 2 N–H and O–H groups in total. The molecule has 17 heavy (non-hydrogen) atoms. The Hall–Kier alpha value is -1.16. The van der Waals surface area contributed by atoms with Gasteiger partial charge in [0.2, 0.25) is 5.88 Å². The molecule has 0 aliphatic heterocycles. The standard InChI is InChI=1S/C13H23N3O/c1-9(2)6-5-7-17-13-12(8-14)10(3)11(4)15-16-13/h9H,5-8,14H2,1-4H3. The summed E-state index contributed by atoms with van der Waals surface area (Å²) in [4.78, 5) is 0. The number of ether oxygens (including phenoxy) is 1. The van der Waals surface area contributed by atoms with Crippen molar-refractivity contribution in [3.8, 4) is 5.88 Å². The zero-order valence-electron chi connectivity index (χ0n) is 11.3. The Morgan fingerprint density at radius 3 is 2.53 bits per heavy atom. The highest BCUT2D eigenvalue weighted by Gasteiger charge is 2.10. The van der Waals surface area contributed by atoms with Gasteiger partial charge < -0.3 is 10.5 Å². The predicted octanol–water partition coefficient (Wildman–Crippen LogP) is 2.37. The van der Waals surface area contributed by atoms with Crippen LogP contribution in [-0.4, -0.2) is 16.8 Å². The molecule has 1 heterocycles. The van der Waals surface area contributed by atoms with E-state index in [1.54, 1.807) is 0 Å². The zero-order valence-corrected chi connectivity index (χ0v) is 11.3. The van der Waals surface area contributed by atoms with Crippen molar-refractivity contribution in [3.63, 3.8) is 0 Å². The number of aromatic nitrogens is 2. The Kier molecular flexibility index (Phi) is 5.35. The van der Waals surface area contributed by atoms with Crippen LogP contribution in [-0.2, 0) is 6.54 Å². The van der Waals surface area contributed by atoms with Crippen LogP contribution in [0.15, 0.2) is 0 Å². The smallest absolute Gasteiger partial charge is 0.238 e. The SMILES string of the molecule is Cc1nnc(OCCCC(C)C)c(CN)c1C. The van der Waals surface area contributed by atoms with Crippen LogP contribution in [0.5, 0.6) is 5.88 Å². The van der Waals surface area contributed by atoms with E-state index in [-0.39, 0.29) is 0 Å². The van der Waals surface area contributed by atoms with Crippen molar-refractivity contribution >= 4 is 0 Å². The first-order valence-corrected chi connectivity index (χ1v) is 6.21. The van der Waals surface area contributed by atoms with Gasteiger partial charge in [0.1, 0.15) is 0 Å². The van der Waals surface area contributed by atoms with Gasteiger partial charge in [-0.05, 0) is 38.2 Å². The van der Waals surface area contributed by atoms with Crippen molar-refractivity contribution in [2.24, 2.45) is 11.7 Å². The molecule has 0 saturated carbocycles. The maximum Gasteiger partial charge on any atom is 0.238 e. The monoisotopic (exact) mass is 237 g/mol. The largest absolute Gasteiger partial charge is 0.476 e. The lowest BCUT2D eigenvalue weighted by molar-refractivity contribution is 0.280. The van der Waals surface area contributed by atoms with Crippen LogP contribution >= 0.6 is 0 Å². The summed E-state index contributed by atoms with van der Waals surface area (Å²) in [5.74, 6) is 1.30. The van der Waals surface area contributed by atoms with Crippen molar-refractivity contribution in [3.05, 3.63) is 16.8 Å². The topological polar surface area (TPSA) is 61.0 Å². The van der Waals surface area contributed by atoms with Gasteiger partial charge in [-0.15, -0.1) is 5.10 Å². The summed E-state index contributed by atoms with van der Waals surface area (Å²) in [5, 5.41) is 8.14. The van der Waals surface area contributed by atoms with E-state index in [0.717, 1.165) is 29.7 Å². The number of aryl methyl sites for hydroxylation is 1. The van der Waals surface area contributed by atoms with E-state index >= 15 is 0 Å². The molecule has 0 radical (unpaired) electrons. The lowest BCUT2D eigenvalue weighted by atomic mass is 10.1. The van der Waals surface area contributed by atoms with E-state index in [2.05, 4.69) is 24.0 Å². The third kappa shape index (κ3) is 3.97. The summed E-state index contributed by atoms with van der Waals surface area (Å²) in [6.45, 7) is 9.49. The fourth-order valence-electron chi connectivity index (χ4n) is 1.65. The van der Waals surface area contributed by atoms with Gasteiger partial charge in [0.15, 0.2) is 0 Å². The number of hydrogen-bond acceptors (Lipinski definition) is 4. The predicted molar refractivity (Wildman–Crippen MR) is 69.0 cm³/mol. The number of hydrogen-bond donors (Lipinski definition) is 1. The van der Waals surface area contributed by atoms with Crippen LogP contribution in [0.1, 0.15) is 43.5 Å². The third-order valence-corrected chi connectivity index (χ3v) is 2.91. The molecular formula is C13H23N3O. The van der Waals surface area contributed by atoms with Gasteiger partial charge in [-0.3, -0.25) is 0 Å². The fourth-order valence-corrected chi connectivity index (χ4v) is 1.65. The van der Waals surface area contributed by atoms with Crippen LogP contribution in [0, 0.1) is 19.8 Å². The van der Waals surface area contributed by atoms with Crippen LogP contribution in [0.25, 0.3) is 0 Å². The third-order valence-electron chi connectivity index (χ3n) is 2.91. The van der Waals surface area contributed by atoms with Crippen molar-refractivity contribution < 1.29 is 4.74 Å². The molecule has 0 atom stereocenters. The van der Waals surface area contributed by atoms with Gasteiger partial charge in [-0.1, -0.05) is 13.8 Å². The lowest BCUT2D eigenvalue weighted by Crippen LogP contribution is -2.10. The Morgan fingerprint density at radius 1 is 1.24 bits per heavy atom. The van der Waals surface area contributed by atoms with Gasteiger partial charge >= 0.3 is 0 Å². The minimum absolute atomic E-state index is 0.446. The van der Waals surface area contributed by atoms with Gasteiger partial charge in [0.05, 0.1) is 12.3 Å². The summed E-state index contributed by atoms with van der Waals surface area (Å²) < 4.78 is 5.66. The molecule has 0 aliphatic carbocycles. The summed E-state index contributed by atoms with van der Waals surface area (Å²) in [6.07, 6.45) is 2.20. The highest BCUT2D eigenvalue weighted by atomic mass is 16.5. The number of rotatable bonds is 6. The highest BCUT2D eigenvalue weighted by Crippen LogP contribution is 2.20. The summed E-state index contributed by atoms with van der Waals surface area (Å²) >= 11 is 0. The lowest BCUT2D eigenvalue weighted by Gasteiger charge is -2.12. The molecule has 0 fully saturated rings. The van der Waals surface area contributed by atoms with E-state index in [9.17, 15) is 0 Å². The summed E-state index contributed by atoms with van der Waals surface area (Å²) in [7, 11) is 0. The minimum Gasteiger partial charge on any atom is -0.476 e. The molecule has 0 aliphatic rings. The molecule has 0 aromatic carbocycles. The Bertz CT molecular complexity index is 364. The zero-order chi connectivity index (χ0) is 12.8. The van der Waals surface area contributed by atoms with Crippen molar-refractivity contribution in [1.82, 2.24) is 10.2 Å². The van der Waals surface area contributed by atoms with Crippen LogP contribution < -0.4 is 10.5 Å². The van der Waals surface area contributed by atoms with E-state index in [4.69, 9.17) is 10.5 Å². The van der Waals surface area contributed by atoms with Gasteiger partial charge in [0, 0.05) is 12.1 Å². The number of nitrogens with zero attached hydrogens (tertiary/aromatic N) is 2. The highest BCUT2D eigenvalue weighted by molar-refractivity contribution is 5.34. The number of nitrogens with two attached hydrogens (primary N) is 1. The average molecular weight is 237 g/mol. The Morgan fingerprint density at radius 2 is 1.94 bits per heavy atom. The molecule has 0 saturated heterocycles. The molecule has 4 nitrogen and oxygen atoms in total. The van der Waals surface area contributed by atoms with E-state index in [0.29, 0.717) is 24.9 Å². The van der Waals surface area contributed by atoms with Crippen molar-refractivity contribution in [1.29, 1.82) is 0 Å². The van der Waals surface area contributed by atoms with Gasteiger partial charge in [-0.2, -0.15) is 5.10 Å². The van der Waals surface area contributed by atoms with Crippen molar-refractivity contribution in [2.45, 2.75) is 47.1 Å². The molecule has 1 aromatic heterocycles. The van der Waals surface area contributed by atoms with E-state index in [1.807, 2.05) is 13.8 Å². The van der Waals surface area contributed by atoms with E-state index in [1.165, 1.54) is 0 Å². The Balaban J connectivity index is 2.62. The second kappa shape index (κ2) is 6.55. The van der Waals surface area contributed by atoms with Crippen LogP contribution in [0.2, 0.25) is 0 Å². The molecule has 4 heteroatoms. The first-order valence-electron chi connectivity index (χ1n) is 6.21. The second-order valence-corrected chi connectivity index (χ2v) is 4.78. The summed E-state index contributed by atoms with van der Waals surface area (Å²) in [5.41, 5.74) is 8.70. The van der Waals surface area contributed by atoms with Crippen molar-refractivity contribution in [2.75, 3.05) is 6.61 Å². The first-order chi connectivity index (χ1) is 8.06. The quantitative estimate of drug-likeness (QED) is 0.772. The summed E-state index contributed by atoms with van der Waals surface area (Å²) in [6, 6.07) is 0. The first kappa shape index (κ1) is 13.9. The molecule has 1 aromatic rings. The maximum absolute atomic E-state index is 5.73. The molecule has 0 bridgehead atoms. The molecule has 96 valence electrons. The average Bonchev–Trinajstić information content (AvgIpc) is 2.29. The van der Waals surface area contributed by atoms with Gasteiger partial charge in [0.25, 0.3) is 0 Å². The van der Waals surface area contributed by atoms with Gasteiger partial charge in [-0.25, -0.2) is 0 Å². The molecule has 0 spiro atoms. The second-order valence-electron chi connectivity index (χ2n) is 4.78. The maximum atomic E-state index is 5.73. The molecule has 1 rings (SSSR count). The molecule has 0 unspecified atom stereocenters. The van der Waals surface area contributed by atoms with Crippen LogP contribution in [0.4, 0.5) is 0 Å². The fraction of sp³-hybridized carbons (Fsp3) is 0.692. The van der Waals surface area contributed by atoms with Crippen LogP contribution in [0.3, 0.4) is 0 Å².